The molecule has 19 heavy (non-hydrogen) atoms. The van der Waals surface area contributed by atoms with Crippen LogP contribution in [0, 0.1) is 0 Å². The van der Waals surface area contributed by atoms with Crippen molar-refractivity contribution in [3.05, 3.63) is 18.2 Å². The molecule has 0 saturated carbocycles. The molecule has 1 aromatic carbocycles. The first-order valence-electron chi connectivity index (χ1n) is 6.15. The fraction of sp³-hybridized carbons (Fsp3) is 0.385. The number of nitrogen functional groups attached to an aromatic ring is 1. The maximum atomic E-state index is 11.6. The van der Waals surface area contributed by atoms with Crippen LogP contribution in [0.1, 0.15) is 13.8 Å². The van der Waals surface area contributed by atoms with Crippen molar-refractivity contribution in [2.45, 2.75) is 19.9 Å². The van der Waals surface area contributed by atoms with Crippen LogP contribution in [0.25, 0.3) is 0 Å². The molecule has 0 radical (unpaired) electrons. The lowest BCUT2D eigenvalue weighted by atomic mass is 10.1. The zero-order valence-electron chi connectivity index (χ0n) is 11.0. The van der Waals surface area contributed by atoms with Gasteiger partial charge in [-0.05, 0) is 19.9 Å². The van der Waals surface area contributed by atoms with Crippen molar-refractivity contribution >= 4 is 23.2 Å². The molecular weight excluding hydrogens is 246 g/mol. The van der Waals surface area contributed by atoms with Crippen molar-refractivity contribution < 1.29 is 14.3 Å². The number of ether oxygens (including phenoxy) is 1. The minimum Gasteiger partial charge on any atom is -0.494 e. The number of hydrogen-bond donors (Lipinski definition) is 2. The predicted molar refractivity (Wildman–Crippen MR) is 72.0 cm³/mol. The van der Waals surface area contributed by atoms with Crippen molar-refractivity contribution in [3.8, 4) is 5.75 Å². The normalized spacial score (nSPS) is 19.3. The van der Waals surface area contributed by atoms with Crippen LogP contribution in [0.2, 0.25) is 0 Å². The fourth-order valence-electron chi connectivity index (χ4n) is 2.05. The zero-order chi connectivity index (χ0) is 14.0. The summed E-state index contributed by atoms with van der Waals surface area (Å²) in [6.45, 7) is 4.27. The molecule has 1 atom stereocenters. The Morgan fingerprint density at radius 1 is 1.42 bits per heavy atom. The third-order valence-corrected chi connectivity index (χ3v) is 2.98. The number of carbonyl (C=O) groups excluding carboxylic acids is 2. The number of carbonyl (C=O) groups is 2. The van der Waals surface area contributed by atoms with Gasteiger partial charge in [-0.2, -0.15) is 0 Å². The third kappa shape index (κ3) is 2.78. The van der Waals surface area contributed by atoms with Crippen molar-refractivity contribution in [1.82, 2.24) is 5.32 Å². The van der Waals surface area contributed by atoms with Crippen molar-refractivity contribution in [1.29, 1.82) is 0 Å². The summed E-state index contributed by atoms with van der Waals surface area (Å²) in [7, 11) is 0. The van der Waals surface area contributed by atoms with Gasteiger partial charge in [0, 0.05) is 23.5 Å². The topological polar surface area (TPSA) is 84.7 Å². The zero-order valence-corrected chi connectivity index (χ0v) is 11.0. The van der Waals surface area contributed by atoms with E-state index < -0.39 is 6.04 Å². The summed E-state index contributed by atoms with van der Waals surface area (Å²) in [6, 6.07) is 4.80. The van der Waals surface area contributed by atoms with Gasteiger partial charge in [0.15, 0.2) is 0 Å². The highest BCUT2D eigenvalue weighted by Gasteiger charge is 2.30. The van der Waals surface area contributed by atoms with E-state index in [9.17, 15) is 9.59 Å². The second kappa shape index (κ2) is 5.17. The molecule has 6 nitrogen and oxygen atoms in total. The molecule has 0 aromatic heterocycles. The van der Waals surface area contributed by atoms with E-state index >= 15 is 0 Å². The number of rotatable bonds is 3. The summed E-state index contributed by atoms with van der Waals surface area (Å²) < 4.78 is 5.41. The number of nitrogens with zero attached hydrogens (tertiary/aromatic N) is 1. The number of nitrogens with one attached hydrogen (secondary N) is 1. The smallest absolute Gasteiger partial charge is 0.249 e. The van der Waals surface area contributed by atoms with Gasteiger partial charge in [-0.25, -0.2) is 0 Å². The molecule has 0 spiro atoms. The van der Waals surface area contributed by atoms with Crippen LogP contribution in [0.4, 0.5) is 11.4 Å². The molecule has 1 saturated heterocycles. The number of amides is 2. The Bertz CT molecular complexity index is 516. The van der Waals surface area contributed by atoms with Gasteiger partial charge < -0.3 is 15.4 Å². The summed E-state index contributed by atoms with van der Waals surface area (Å²) in [4.78, 5) is 24.8. The van der Waals surface area contributed by atoms with Gasteiger partial charge in [0.05, 0.1) is 13.2 Å². The van der Waals surface area contributed by atoms with E-state index in [0.717, 1.165) is 0 Å². The van der Waals surface area contributed by atoms with Crippen molar-refractivity contribution in [2.75, 3.05) is 23.8 Å². The molecule has 2 amide bonds. The van der Waals surface area contributed by atoms with Gasteiger partial charge in [0.1, 0.15) is 11.8 Å². The van der Waals surface area contributed by atoms with E-state index in [-0.39, 0.29) is 18.4 Å². The molecule has 1 unspecified atom stereocenters. The van der Waals surface area contributed by atoms with E-state index in [4.69, 9.17) is 10.5 Å². The second-order valence-corrected chi connectivity index (χ2v) is 4.41. The summed E-state index contributed by atoms with van der Waals surface area (Å²) in [5.74, 6) is 0.00301. The van der Waals surface area contributed by atoms with Crippen LogP contribution >= 0.6 is 0 Å². The molecule has 3 N–H and O–H groups in total. The van der Waals surface area contributed by atoms with E-state index in [1.54, 1.807) is 30.0 Å². The van der Waals surface area contributed by atoms with Gasteiger partial charge in [-0.15, -0.1) is 0 Å². The first-order valence-corrected chi connectivity index (χ1v) is 6.15. The number of anilines is 2. The summed E-state index contributed by atoms with van der Waals surface area (Å²) in [5.41, 5.74) is 7.06. The van der Waals surface area contributed by atoms with Crippen LogP contribution < -0.4 is 20.7 Å². The van der Waals surface area contributed by atoms with E-state index in [2.05, 4.69) is 5.32 Å². The maximum absolute atomic E-state index is 11.6. The molecule has 2 rings (SSSR count). The Morgan fingerprint density at radius 3 is 2.84 bits per heavy atom. The van der Waals surface area contributed by atoms with E-state index in [0.29, 0.717) is 23.7 Å². The minimum absolute atomic E-state index is 0.127. The number of hydrogen-bond acceptors (Lipinski definition) is 5. The lowest BCUT2D eigenvalue weighted by Gasteiger charge is -2.33. The molecule has 0 aliphatic carbocycles. The average Bonchev–Trinajstić information content (AvgIpc) is 2.33. The predicted octanol–water partition coefficient (Wildman–Crippen LogP) is 0.519. The van der Waals surface area contributed by atoms with Crippen LogP contribution in [0.15, 0.2) is 18.2 Å². The van der Waals surface area contributed by atoms with Crippen LogP contribution in [0.5, 0.6) is 5.75 Å². The number of benzene rings is 1. The molecule has 1 aliphatic rings. The lowest BCUT2D eigenvalue weighted by molar-refractivity contribution is -0.132. The van der Waals surface area contributed by atoms with E-state index in [1.165, 1.54) is 0 Å². The minimum atomic E-state index is -0.422. The molecule has 1 fully saturated rings. The number of nitrogens with two attached hydrogens (primary N) is 1. The van der Waals surface area contributed by atoms with Gasteiger partial charge in [-0.3, -0.25) is 14.9 Å². The van der Waals surface area contributed by atoms with Crippen LogP contribution in [-0.4, -0.2) is 31.0 Å². The Labute approximate surface area is 111 Å². The average molecular weight is 263 g/mol. The Balaban J connectivity index is 2.34. The van der Waals surface area contributed by atoms with Crippen molar-refractivity contribution in [2.24, 2.45) is 0 Å². The lowest BCUT2D eigenvalue weighted by Crippen LogP contribution is -2.57. The summed E-state index contributed by atoms with van der Waals surface area (Å²) >= 11 is 0. The largest absolute Gasteiger partial charge is 0.494 e. The molecule has 1 aromatic rings. The first kappa shape index (κ1) is 13.2. The SMILES string of the molecule is CCOc1cc(N)cc(N2CC(=O)NC(=O)C2C)c1. The second-order valence-electron chi connectivity index (χ2n) is 4.41. The van der Waals surface area contributed by atoms with Crippen LogP contribution in [-0.2, 0) is 9.59 Å². The monoisotopic (exact) mass is 263 g/mol. The van der Waals surface area contributed by atoms with Crippen LogP contribution in [0.3, 0.4) is 0 Å². The summed E-state index contributed by atoms with van der Waals surface area (Å²) in [6.07, 6.45) is 0. The number of imide groups is 1. The third-order valence-electron chi connectivity index (χ3n) is 2.98. The molecule has 102 valence electrons. The first-order chi connectivity index (χ1) is 9.01. The highest BCUT2D eigenvalue weighted by molar-refractivity contribution is 6.04. The molecular formula is C13H17N3O3. The van der Waals surface area contributed by atoms with Crippen molar-refractivity contribution in [3.63, 3.8) is 0 Å². The Hall–Kier alpha value is -2.24. The highest BCUT2D eigenvalue weighted by Crippen LogP contribution is 2.27. The fourth-order valence-corrected chi connectivity index (χ4v) is 2.05. The van der Waals surface area contributed by atoms with Gasteiger partial charge in [-0.1, -0.05) is 0 Å². The summed E-state index contributed by atoms with van der Waals surface area (Å²) in [5, 5.41) is 2.30. The van der Waals surface area contributed by atoms with Gasteiger partial charge in [0.25, 0.3) is 0 Å². The Morgan fingerprint density at radius 2 is 2.16 bits per heavy atom. The Kier molecular flexibility index (Phi) is 3.59. The number of piperazine rings is 1. The molecule has 1 heterocycles. The maximum Gasteiger partial charge on any atom is 0.249 e. The molecule has 0 bridgehead atoms. The van der Waals surface area contributed by atoms with Gasteiger partial charge in [0.2, 0.25) is 11.8 Å². The molecule has 1 aliphatic heterocycles. The molecule has 6 heteroatoms. The van der Waals surface area contributed by atoms with Gasteiger partial charge >= 0.3 is 0 Å². The standard InChI is InChI=1S/C13H17N3O3/c1-3-19-11-5-9(14)4-10(6-11)16-7-12(17)15-13(18)8(16)2/h4-6,8H,3,7,14H2,1-2H3,(H,15,17,18). The highest BCUT2D eigenvalue weighted by atomic mass is 16.5. The van der Waals surface area contributed by atoms with E-state index in [1.807, 2.05) is 6.92 Å². The quantitative estimate of drug-likeness (QED) is 0.613.